The van der Waals surface area contributed by atoms with E-state index in [-0.39, 0.29) is 36.1 Å². The molecule has 2 aromatic rings. The Morgan fingerprint density at radius 3 is 2.61 bits per heavy atom. The molecule has 0 saturated carbocycles. The van der Waals surface area contributed by atoms with Gasteiger partial charge in [-0.3, -0.25) is 0 Å². The second kappa shape index (κ2) is 9.83. The van der Waals surface area contributed by atoms with Crippen LogP contribution in [0.5, 0.6) is 0 Å². The lowest BCUT2D eigenvalue weighted by atomic mass is 9.99. The highest BCUT2D eigenvalue weighted by molar-refractivity contribution is 5.85. The number of fused-ring (bicyclic) bond motifs is 1. The van der Waals surface area contributed by atoms with Crippen molar-refractivity contribution in [2.45, 2.75) is 31.4 Å². The smallest absolute Gasteiger partial charge is 0.410 e. The van der Waals surface area contributed by atoms with Crippen LogP contribution in [-0.2, 0) is 15.9 Å². The Bertz CT molecular complexity index is 1110. The molecule has 0 bridgehead atoms. The number of halogens is 1. The molecule has 3 saturated heterocycles. The average molecular weight is 518 g/mol. The first-order chi connectivity index (χ1) is 17.0. The molecule has 12 nitrogen and oxygen atoms in total. The fraction of sp³-hybridized carbons (Fsp3) is 0.609. The number of morpholine rings is 1. The van der Waals surface area contributed by atoms with Crippen LogP contribution in [0.25, 0.3) is 11.3 Å². The Morgan fingerprint density at radius 1 is 1.17 bits per heavy atom. The molecule has 3 N–H and O–H groups in total. The van der Waals surface area contributed by atoms with E-state index in [4.69, 9.17) is 25.2 Å². The van der Waals surface area contributed by atoms with Crippen LogP contribution >= 0.6 is 12.4 Å². The van der Waals surface area contributed by atoms with E-state index < -0.39 is 0 Å². The van der Waals surface area contributed by atoms with Gasteiger partial charge in [0.2, 0.25) is 11.9 Å². The Morgan fingerprint density at radius 2 is 1.92 bits per heavy atom. The van der Waals surface area contributed by atoms with Gasteiger partial charge in [-0.1, -0.05) is 0 Å². The fourth-order valence-electron chi connectivity index (χ4n) is 5.26. The first-order valence-electron chi connectivity index (χ1n) is 12.3. The number of rotatable bonds is 4. The third-order valence-electron chi connectivity index (χ3n) is 7.43. The summed E-state index contributed by atoms with van der Waals surface area (Å²) in [5, 5.41) is 3.14. The Kier molecular flexibility index (Phi) is 6.75. The Labute approximate surface area is 216 Å². The van der Waals surface area contributed by atoms with Crippen LogP contribution < -0.4 is 20.9 Å². The number of hydrogen-bond acceptors (Lipinski definition) is 11. The molecule has 194 valence electrons. The zero-order valence-corrected chi connectivity index (χ0v) is 21.2. The number of nitrogen functional groups attached to an aromatic ring is 1. The lowest BCUT2D eigenvalue weighted by Crippen LogP contribution is -2.52. The predicted molar refractivity (Wildman–Crippen MR) is 137 cm³/mol. The molecule has 0 spiro atoms. The second-order valence-corrected chi connectivity index (χ2v) is 9.84. The summed E-state index contributed by atoms with van der Waals surface area (Å²) in [7, 11) is 0. The van der Waals surface area contributed by atoms with Gasteiger partial charge in [0, 0.05) is 69.3 Å². The van der Waals surface area contributed by atoms with E-state index in [1.54, 1.807) is 12.4 Å². The molecule has 4 aliphatic rings. The van der Waals surface area contributed by atoms with Gasteiger partial charge in [-0.15, -0.1) is 12.4 Å². The first-order valence-corrected chi connectivity index (χ1v) is 12.3. The lowest BCUT2D eigenvalue weighted by molar-refractivity contribution is 0.0428. The number of likely N-dealkylation sites (tertiary alicyclic amines) is 1. The summed E-state index contributed by atoms with van der Waals surface area (Å²) in [6.45, 7) is 8.53. The molecular formula is C23H32ClN9O3. The molecule has 13 heteroatoms. The number of amides is 1. The Balaban J connectivity index is 0.00000267. The van der Waals surface area contributed by atoms with E-state index in [0.717, 1.165) is 68.2 Å². The van der Waals surface area contributed by atoms with E-state index in [0.29, 0.717) is 32.3 Å². The number of carbonyl (C=O) groups is 1. The molecule has 6 heterocycles. The first kappa shape index (κ1) is 24.7. The maximum atomic E-state index is 12.7. The molecular weight excluding hydrogens is 486 g/mol. The van der Waals surface area contributed by atoms with Crippen molar-refractivity contribution in [2.75, 3.05) is 74.6 Å². The van der Waals surface area contributed by atoms with Crippen LogP contribution in [0.2, 0.25) is 0 Å². The zero-order chi connectivity index (χ0) is 24.0. The van der Waals surface area contributed by atoms with Crippen LogP contribution in [0.15, 0.2) is 12.4 Å². The van der Waals surface area contributed by atoms with Crippen molar-refractivity contribution in [3.63, 3.8) is 0 Å². The molecule has 0 aliphatic carbocycles. The van der Waals surface area contributed by atoms with Gasteiger partial charge in [0.25, 0.3) is 0 Å². The van der Waals surface area contributed by atoms with E-state index >= 15 is 0 Å². The number of carbonyl (C=O) groups excluding carboxylic acids is 1. The normalized spacial score (nSPS) is 23.8. The number of nitrogens with zero attached hydrogens (tertiary/aromatic N) is 7. The predicted octanol–water partition coefficient (Wildman–Crippen LogP) is 0.710. The number of anilines is 3. The van der Waals surface area contributed by atoms with E-state index in [2.05, 4.69) is 32.0 Å². The summed E-state index contributed by atoms with van der Waals surface area (Å²) in [5.74, 6) is 1.84. The van der Waals surface area contributed by atoms with Gasteiger partial charge in [0.05, 0.1) is 24.4 Å². The third-order valence-corrected chi connectivity index (χ3v) is 7.43. The quantitative estimate of drug-likeness (QED) is 0.593. The summed E-state index contributed by atoms with van der Waals surface area (Å²) < 4.78 is 11.2. The zero-order valence-electron chi connectivity index (χ0n) is 20.4. The minimum Gasteiger partial charge on any atom is -0.443 e. The molecule has 36 heavy (non-hydrogen) atoms. The van der Waals surface area contributed by atoms with Crippen LogP contribution in [0.1, 0.15) is 18.9 Å². The van der Waals surface area contributed by atoms with E-state index in [1.807, 2.05) is 4.90 Å². The van der Waals surface area contributed by atoms with Crippen LogP contribution in [-0.4, -0.2) is 102 Å². The summed E-state index contributed by atoms with van der Waals surface area (Å²) in [6, 6.07) is 0. The standard InChI is InChI=1S/C23H31N9O3.ClH/c1-23(3-5-31(14-23)22(33)35-16-12-25-13-16)32-4-2-17-18(15-10-26-20(24)27-11-15)28-21(29-19(17)32)30-6-8-34-9-7-30;/h10-11,16,25H,2-9,12-14H2,1H3,(H2,24,26,27);1H/t23-;/m0./s1. The number of ether oxygens (including phenoxy) is 2. The minimum absolute atomic E-state index is 0. The maximum absolute atomic E-state index is 12.7. The van der Waals surface area contributed by atoms with Gasteiger partial charge in [-0.25, -0.2) is 19.7 Å². The van der Waals surface area contributed by atoms with Crippen molar-refractivity contribution in [1.29, 1.82) is 0 Å². The monoisotopic (exact) mass is 517 g/mol. The fourth-order valence-corrected chi connectivity index (χ4v) is 5.26. The highest BCUT2D eigenvalue weighted by atomic mass is 35.5. The van der Waals surface area contributed by atoms with Crippen LogP contribution in [0, 0.1) is 0 Å². The molecule has 4 aliphatic heterocycles. The molecule has 1 amide bonds. The summed E-state index contributed by atoms with van der Waals surface area (Å²) >= 11 is 0. The van der Waals surface area contributed by atoms with Gasteiger partial charge in [0.1, 0.15) is 11.9 Å². The Hall–Kier alpha value is -2.96. The lowest BCUT2D eigenvalue weighted by Gasteiger charge is -2.37. The van der Waals surface area contributed by atoms with E-state index in [9.17, 15) is 4.79 Å². The second-order valence-electron chi connectivity index (χ2n) is 9.84. The maximum Gasteiger partial charge on any atom is 0.410 e. The van der Waals surface area contributed by atoms with Crippen molar-refractivity contribution < 1.29 is 14.3 Å². The molecule has 1 atom stereocenters. The van der Waals surface area contributed by atoms with Gasteiger partial charge in [-0.05, 0) is 19.8 Å². The SMILES string of the molecule is C[C@]1(N2CCc3c(-c4cnc(N)nc4)nc(N4CCOCC4)nc32)CCN(C(=O)OC2CNC2)C1.Cl. The minimum atomic E-state index is -0.242. The van der Waals surface area contributed by atoms with Gasteiger partial charge in [-0.2, -0.15) is 4.98 Å². The van der Waals surface area contributed by atoms with Crippen molar-refractivity contribution >= 4 is 36.2 Å². The molecule has 0 aromatic carbocycles. The molecule has 0 unspecified atom stereocenters. The molecule has 3 fully saturated rings. The van der Waals surface area contributed by atoms with Crippen molar-refractivity contribution in [3.05, 3.63) is 18.0 Å². The number of aromatic nitrogens is 4. The highest BCUT2D eigenvalue weighted by Gasteiger charge is 2.45. The van der Waals surface area contributed by atoms with Crippen molar-refractivity contribution in [2.24, 2.45) is 0 Å². The van der Waals surface area contributed by atoms with Crippen LogP contribution in [0.3, 0.4) is 0 Å². The molecule has 0 radical (unpaired) electrons. The molecule has 2 aromatic heterocycles. The number of nitrogens with one attached hydrogen (secondary N) is 1. The highest BCUT2D eigenvalue weighted by Crippen LogP contribution is 2.41. The van der Waals surface area contributed by atoms with Crippen molar-refractivity contribution in [3.8, 4) is 11.3 Å². The van der Waals surface area contributed by atoms with Crippen LogP contribution in [0.4, 0.5) is 22.5 Å². The number of nitrogens with two attached hydrogens (primary N) is 1. The average Bonchev–Trinajstić information content (AvgIpc) is 3.47. The summed E-state index contributed by atoms with van der Waals surface area (Å²) in [4.78, 5) is 37.5. The van der Waals surface area contributed by atoms with Gasteiger partial charge in [0.15, 0.2) is 0 Å². The topological polar surface area (TPSA) is 135 Å². The molecule has 6 rings (SSSR count). The van der Waals surface area contributed by atoms with Gasteiger partial charge >= 0.3 is 6.09 Å². The van der Waals surface area contributed by atoms with Crippen molar-refractivity contribution in [1.82, 2.24) is 30.2 Å². The largest absolute Gasteiger partial charge is 0.443 e. The number of hydrogen-bond donors (Lipinski definition) is 2. The van der Waals surface area contributed by atoms with Gasteiger partial charge < -0.3 is 35.2 Å². The summed E-state index contributed by atoms with van der Waals surface area (Å²) in [6.07, 6.45) is 4.86. The third kappa shape index (κ3) is 4.48. The summed E-state index contributed by atoms with van der Waals surface area (Å²) in [5.41, 5.74) is 8.24. The van der Waals surface area contributed by atoms with E-state index in [1.165, 1.54) is 0 Å².